The Balaban J connectivity index is 1.20. The van der Waals surface area contributed by atoms with Gasteiger partial charge in [-0.1, -0.05) is 18.2 Å². The highest BCUT2D eigenvalue weighted by atomic mass is 16.5. The Morgan fingerprint density at radius 3 is 2.51 bits per heavy atom. The number of carbonyl (C=O) groups is 2. The van der Waals surface area contributed by atoms with Crippen molar-refractivity contribution < 1.29 is 14.3 Å². The number of piperidine rings is 1. The van der Waals surface area contributed by atoms with Crippen LogP contribution < -0.4 is 10.5 Å². The third-order valence-corrected chi connectivity index (χ3v) is 10.6. The smallest absolute Gasteiger partial charge is 0.254 e. The summed E-state index contributed by atoms with van der Waals surface area (Å²) >= 11 is 0. The summed E-state index contributed by atoms with van der Waals surface area (Å²) in [5.74, 6) is 3.26. The molecule has 0 unspecified atom stereocenters. The molecule has 2 saturated heterocycles. The summed E-state index contributed by atoms with van der Waals surface area (Å²) in [6, 6.07) is 12.9. The van der Waals surface area contributed by atoms with Gasteiger partial charge in [0.25, 0.3) is 5.91 Å². The number of hydrogen-bond acceptors (Lipinski definition) is 5. The fourth-order valence-electron chi connectivity index (χ4n) is 8.03. The van der Waals surface area contributed by atoms with E-state index in [1.54, 1.807) is 14.0 Å². The summed E-state index contributed by atoms with van der Waals surface area (Å²) in [7, 11) is 3.70. The molecule has 4 heterocycles. The van der Waals surface area contributed by atoms with Gasteiger partial charge in [0.2, 0.25) is 5.91 Å². The number of hydrogen-bond donors (Lipinski definition) is 1. The van der Waals surface area contributed by atoms with Crippen LogP contribution in [-0.4, -0.2) is 74.6 Å². The Labute approximate surface area is 251 Å². The van der Waals surface area contributed by atoms with Crippen LogP contribution >= 0.6 is 0 Å². The first-order valence-electron chi connectivity index (χ1n) is 15.8. The van der Waals surface area contributed by atoms with E-state index >= 15 is 0 Å². The number of para-hydroxylation sites is 1. The summed E-state index contributed by atoms with van der Waals surface area (Å²) in [5.41, 5.74) is 12.4. The molecule has 2 amide bonds. The van der Waals surface area contributed by atoms with Crippen molar-refractivity contribution in [1.29, 1.82) is 0 Å². The molecule has 2 aliphatic carbocycles. The van der Waals surface area contributed by atoms with Crippen molar-refractivity contribution in [3.8, 4) is 17.3 Å². The Morgan fingerprint density at radius 1 is 1.02 bits per heavy atom. The van der Waals surface area contributed by atoms with E-state index < -0.39 is 0 Å². The second-order valence-electron chi connectivity index (χ2n) is 13.4. The highest BCUT2D eigenvalue weighted by Gasteiger charge is 2.47. The predicted octanol–water partition coefficient (Wildman–Crippen LogP) is 4.20. The number of aryl methyl sites for hydroxylation is 1. The first kappa shape index (κ1) is 26.8. The molecule has 3 atom stereocenters. The number of rotatable bonds is 7. The number of imidazole rings is 1. The molecule has 2 aromatic heterocycles. The number of carbonyl (C=O) groups excluding carboxylic acids is 2. The van der Waals surface area contributed by atoms with Crippen molar-refractivity contribution in [2.45, 2.75) is 57.7 Å². The van der Waals surface area contributed by atoms with E-state index in [-0.39, 0.29) is 23.9 Å². The van der Waals surface area contributed by atoms with Crippen molar-refractivity contribution in [3.63, 3.8) is 0 Å². The maximum Gasteiger partial charge on any atom is 0.254 e. The van der Waals surface area contributed by atoms with Gasteiger partial charge in [-0.3, -0.25) is 9.59 Å². The number of amides is 2. The van der Waals surface area contributed by atoms with Crippen LogP contribution in [0.3, 0.4) is 0 Å². The van der Waals surface area contributed by atoms with E-state index in [0.717, 1.165) is 68.0 Å². The molecular weight excluding hydrogens is 540 g/mol. The number of nitrogens with zero attached hydrogens (tertiary/aromatic N) is 5. The first-order valence-corrected chi connectivity index (χ1v) is 15.8. The zero-order chi connectivity index (χ0) is 29.6. The number of ether oxygens (including phenoxy) is 1. The van der Waals surface area contributed by atoms with Crippen LogP contribution in [0.5, 0.6) is 5.75 Å². The van der Waals surface area contributed by atoms with E-state index in [1.807, 2.05) is 29.0 Å². The second-order valence-corrected chi connectivity index (χ2v) is 13.4. The molecule has 4 fully saturated rings. The summed E-state index contributed by atoms with van der Waals surface area (Å²) in [6.07, 6.45) is 5.55. The quantitative estimate of drug-likeness (QED) is 0.354. The summed E-state index contributed by atoms with van der Waals surface area (Å²) in [4.78, 5) is 34.6. The van der Waals surface area contributed by atoms with Crippen LogP contribution in [0.1, 0.15) is 48.5 Å². The zero-order valence-electron chi connectivity index (χ0n) is 25.3. The molecule has 0 spiro atoms. The standard InChI is InChI=1S/C34H40N6O3/c1-19(41)38-15-21(16-38)11-22-5-4-6-23-13-28(39(31(22)23)17-20-7-8-20)33-36-26-12-25(14-29(43-3)32(26)37(33)2)34(42)40-18-24-9-10-27(40)30(24)35/h4-6,12-14,20-21,24,27,30H,7-11,15-18,35H2,1-3H3/t24-,27-,30-/m1/s1. The van der Waals surface area contributed by atoms with Gasteiger partial charge in [-0.25, -0.2) is 4.98 Å². The van der Waals surface area contributed by atoms with Gasteiger partial charge < -0.3 is 29.4 Å². The zero-order valence-corrected chi connectivity index (χ0v) is 25.3. The Hall–Kier alpha value is -3.85. The minimum atomic E-state index is 0.0156. The van der Waals surface area contributed by atoms with Gasteiger partial charge in [-0.2, -0.15) is 0 Å². The first-order chi connectivity index (χ1) is 20.8. The van der Waals surface area contributed by atoms with E-state index in [2.05, 4.69) is 33.4 Å². The maximum absolute atomic E-state index is 13.7. The monoisotopic (exact) mass is 580 g/mol. The van der Waals surface area contributed by atoms with Gasteiger partial charge in [0.15, 0.2) is 5.82 Å². The van der Waals surface area contributed by atoms with Crippen molar-refractivity contribution in [2.24, 2.45) is 30.5 Å². The predicted molar refractivity (Wildman–Crippen MR) is 166 cm³/mol. The molecule has 2 bridgehead atoms. The number of likely N-dealkylation sites (tertiary alicyclic amines) is 2. The molecule has 0 radical (unpaired) electrons. The average Bonchev–Trinajstić information content (AvgIpc) is 3.36. The minimum absolute atomic E-state index is 0.0156. The lowest BCUT2D eigenvalue weighted by molar-refractivity contribution is -0.134. The van der Waals surface area contributed by atoms with E-state index in [4.69, 9.17) is 15.5 Å². The number of benzene rings is 2. The van der Waals surface area contributed by atoms with Crippen LogP contribution in [0.25, 0.3) is 33.5 Å². The molecule has 4 aromatic rings. The van der Waals surface area contributed by atoms with Crippen LogP contribution in [-0.2, 0) is 24.8 Å². The highest BCUT2D eigenvalue weighted by molar-refractivity contribution is 6.00. The van der Waals surface area contributed by atoms with Crippen LogP contribution in [0.15, 0.2) is 36.4 Å². The molecule has 43 heavy (non-hydrogen) atoms. The van der Waals surface area contributed by atoms with Crippen LogP contribution in [0, 0.1) is 17.8 Å². The van der Waals surface area contributed by atoms with Crippen molar-refractivity contribution >= 4 is 33.8 Å². The van der Waals surface area contributed by atoms with Gasteiger partial charge in [0, 0.05) is 63.2 Å². The van der Waals surface area contributed by atoms with Crippen molar-refractivity contribution in [2.75, 3.05) is 26.7 Å². The lowest BCUT2D eigenvalue weighted by Crippen LogP contribution is -2.49. The molecule has 2 saturated carbocycles. The van der Waals surface area contributed by atoms with Gasteiger partial charge in [0.05, 0.1) is 23.8 Å². The number of aromatic nitrogens is 3. The van der Waals surface area contributed by atoms with Crippen LogP contribution in [0.2, 0.25) is 0 Å². The highest BCUT2D eigenvalue weighted by Crippen LogP contribution is 2.41. The number of methoxy groups -OCH3 is 1. The van der Waals surface area contributed by atoms with E-state index in [0.29, 0.717) is 29.1 Å². The average molecular weight is 581 g/mol. The lowest BCUT2D eigenvalue weighted by Gasteiger charge is -2.39. The third kappa shape index (κ3) is 4.26. The van der Waals surface area contributed by atoms with Gasteiger partial charge in [-0.15, -0.1) is 0 Å². The molecule has 9 heteroatoms. The van der Waals surface area contributed by atoms with Gasteiger partial charge >= 0.3 is 0 Å². The molecule has 2 N–H and O–H groups in total. The second kappa shape index (κ2) is 9.84. The van der Waals surface area contributed by atoms with Crippen molar-refractivity contribution in [1.82, 2.24) is 23.9 Å². The number of fused-ring (bicyclic) bond motifs is 4. The number of nitrogens with two attached hydrogens (primary N) is 1. The molecule has 9 nitrogen and oxygen atoms in total. The Kier molecular flexibility index (Phi) is 6.12. The SMILES string of the molecule is COc1cc(C(=O)N2C[C@H]3CC[C@@H]2[C@@H]3N)cc2nc(-c3cc4cccc(CC5CN(C(C)=O)C5)c4n3CC3CC3)n(C)c12. The molecule has 2 aliphatic heterocycles. The Bertz CT molecular complexity index is 1780. The van der Waals surface area contributed by atoms with Crippen LogP contribution in [0.4, 0.5) is 0 Å². The topological polar surface area (TPSA) is 98.6 Å². The van der Waals surface area contributed by atoms with E-state index in [1.165, 1.54) is 29.3 Å². The molecular formula is C34H40N6O3. The molecule has 4 aliphatic rings. The fourth-order valence-corrected chi connectivity index (χ4v) is 8.03. The normalized spacial score (nSPS) is 23.5. The fraction of sp³-hybridized carbons (Fsp3) is 0.500. The van der Waals surface area contributed by atoms with Gasteiger partial charge in [-0.05, 0) is 73.6 Å². The molecule has 224 valence electrons. The minimum Gasteiger partial charge on any atom is -0.494 e. The van der Waals surface area contributed by atoms with E-state index in [9.17, 15) is 9.59 Å². The molecule has 2 aromatic carbocycles. The molecule has 8 rings (SSSR count). The third-order valence-electron chi connectivity index (χ3n) is 10.6. The maximum atomic E-state index is 13.7. The Morgan fingerprint density at radius 2 is 1.84 bits per heavy atom. The van der Waals surface area contributed by atoms with Gasteiger partial charge in [0.1, 0.15) is 11.3 Å². The lowest BCUT2D eigenvalue weighted by atomic mass is 9.91. The summed E-state index contributed by atoms with van der Waals surface area (Å²) < 4.78 is 10.5. The van der Waals surface area contributed by atoms with Crippen molar-refractivity contribution in [3.05, 3.63) is 47.5 Å². The summed E-state index contributed by atoms with van der Waals surface area (Å²) in [5, 5.41) is 1.21. The summed E-state index contributed by atoms with van der Waals surface area (Å²) in [6.45, 7) is 5.01. The largest absolute Gasteiger partial charge is 0.494 e.